The van der Waals surface area contributed by atoms with Crippen LogP contribution in [0.15, 0.2) is 48.5 Å². The molecule has 2 N–H and O–H groups in total. The van der Waals surface area contributed by atoms with E-state index in [-0.39, 0.29) is 12.4 Å². The Balaban J connectivity index is 1.75. The van der Waals surface area contributed by atoms with Gasteiger partial charge in [0, 0.05) is 18.5 Å². The molecule has 0 aliphatic heterocycles. The predicted octanol–water partition coefficient (Wildman–Crippen LogP) is 3.13. The molecule has 2 rings (SSSR count). The van der Waals surface area contributed by atoms with Crippen LogP contribution >= 0.6 is 0 Å². The van der Waals surface area contributed by atoms with Gasteiger partial charge in [-0.15, -0.1) is 0 Å². The molecule has 3 nitrogen and oxygen atoms in total. The number of rotatable bonds is 7. The molecule has 0 saturated carbocycles. The van der Waals surface area contributed by atoms with E-state index in [4.69, 9.17) is 15.2 Å². The van der Waals surface area contributed by atoms with Crippen LogP contribution in [0.1, 0.15) is 12.0 Å². The first kappa shape index (κ1) is 14.3. The second kappa shape index (κ2) is 7.50. The quantitative estimate of drug-likeness (QED) is 0.790. The van der Waals surface area contributed by atoms with Crippen molar-refractivity contribution in [1.82, 2.24) is 0 Å². The fourth-order valence-corrected chi connectivity index (χ4v) is 1.82. The zero-order valence-corrected chi connectivity index (χ0v) is 11.2. The maximum atomic E-state index is 13.5. The SMILES string of the molecule is NCc1c(F)cccc1OCCCOc1ccccc1. The van der Waals surface area contributed by atoms with Crippen molar-refractivity contribution in [3.63, 3.8) is 0 Å². The fourth-order valence-electron chi connectivity index (χ4n) is 1.82. The number of hydrogen-bond acceptors (Lipinski definition) is 3. The zero-order chi connectivity index (χ0) is 14.2. The normalized spacial score (nSPS) is 10.3. The van der Waals surface area contributed by atoms with Gasteiger partial charge in [-0.25, -0.2) is 4.39 Å². The third-order valence-corrected chi connectivity index (χ3v) is 2.84. The minimum absolute atomic E-state index is 0.128. The van der Waals surface area contributed by atoms with E-state index in [1.807, 2.05) is 30.3 Å². The van der Waals surface area contributed by atoms with Gasteiger partial charge in [0.25, 0.3) is 0 Å². The van der Waals surface area contributed by atoms with Gasteiger partial charge in [-0.3, -0.25) is 0 Å². The van der Waals surface area contributed by atoms with Crippen molar-refractivity contribution in [3.05, 3.63) is 59.9 Å². The Labute approximate surface area is 118 Å². The Morgan fingerprint density at radius 3 is 2.40 bits per heavy atom. The molecular formula is C16H18FNO2. The van der Waals surface area contributed by atoms with Crippen molar-refractivity contribution in [2.45, 2.75) is 13.0 Å². The minimum atomic E-state index is -0.328. The molecule has 0 unspecified atom stereocenters. The summed E-state index contributed by atoms with van der Waals surface area (Å²) in [6.45, 7) is 1.14. The molecule has 0 aliphatic rings. The molecule has 2 aromatic carbocycles. The van der Waals surface area contributed by atoms with Gasteiger partial charge in [-0.1, -0.05) is 24.3 Å². The van der Waals surface area contributed by atoms with E-state index in [0.29, 0.717) is 24.5 Å². The van der Waals surface area contributed by atoms with Gasteiger partial charge in [-0.2, -0.15) is 0 Å². The first-order valence-electron chi connectivity index (χ1n) is 6.59. The summed E-state index contributed by atoms with van der Waals surface area (Å²) in [6, 6.07) is 14.3. The van der Waals surface area contributed by atoms with Crippen LogP contribution in [-0.4, -0.2) is 13.2 Å². The molecule has 20 heavy (non-hydrogen) atoms. The average Bonchev–Trinajstić information content (AvgIpc) is 2.48. The number of para-hydroxylation sites is 1. The lowest BCUT2D eigenvalue weighted by atomic mass is 10.2. The van der Waals surface area contributed by atoms with Crippen molar-refractivity contribution >= 4 is 0 Å². The van der Waals surface area contributed by atoms with Crippen LogP contribution in [0.2, 0.25) is 0 Å². The fraction of sp³-hybridized carbons (Fsp3) is 0.250. The minimum Gasteiger partial charge on any atom is -0.493 e. The van der Waals surface area contributed by atoms with Gasteiger partial charge >= 0.3 is 0 Å². The molecule has 0 heterocycles. The summed E-state index contributed by atoms with van der Waals surface area (Å²) in [4.78, 5) is 0. The molecule has 0 aliphatic carbocycles. The molecular weight excluding hydrogens is 257 g/mol. The van der Waals surface area contributed by atoms with Crippen LogP contribution in [0.25, 0.3) is 0 Å². The van der Waals surface area contributed by atoms with E-state index < -0.39 is 0 Å². The maximum absolute atomic E-state index is 13.5. The van der Waals surface area contributed by atoms with Crippen molar-refractivity contribution < 1.29 is 13.9 Å². The topological polar surface area (TPSA) is 44.5 Å². The molecule has 0 atom stereocenters. The Bertz CT molecular complexity index is 531. The summed E-state index contributed by atoms with van der Waals surface area (Å²) in [5, 5.41) is 0. The van der Waals surface area contributed by atoms with Crippen LogP contribution < -0.4 is 15.2 Å². The van der Waals surface area contributed by atoms with Gasteiger partial charge < -0.3 is 15.2 Å². The molecule has 0 radical (unpaired) electrons. The number of nitrogens with two attached hydrogens (primary N) is 1. The second-order valence-corrected chi connectivity index (χ2v) is 4.28. The largest absolute Gasteiger partial charge is 0.493 e. The van der Waals surface area contributed by atoms with Crippen LogP contribution in [-0.2, 0) is 6.54 Å². The third kappa shape index (κ3) is 3.96. The molecule has 0 bridgehead atoms. The average molecular weight is 275 g/mol. The molecule has 0 fully saturated rings. The Hall–Kier alpha value is -2.07. The zero-order valence-electron chi connectivity index (χ0n) is 11.2. The summed E-state index contributed by atoms with van der Waals surface area (Å²) in [7, 11) is 0. The summed E-state index contributed by atoms with van der Waals surface area (Å²) in [5.41, 5.74) is 5.93. The summed E-state index contributed by atoms with van der Waals surface area (Å²) < 4.78 is 24.6. The Kier molecular flexibility index (Phi) is 5.38. The summed E-state index contributed by atoms with van der Waals surface area (Å²) in [5.74, 6) is 1.01. The summed E-state index contributed by atoms with van der Waals surface area (Å²) in [6.07, 6.45) is 0.718. The molecule has 2 aromatic rings. The number of hydrogen-bond donors (Lipinski definition) is 1. The monoisotopic (exact) mass is 275 g/mol. The molecule has 0 spiro atoms. The Morgan fingerprint density at radius 1 is 0.900 bits per heavy atom. The first-order valence-corrected chi connectivity index (χ1v) is 6.59. The molecule has 0 amide bonds. The van der Waals surface area contributed by atoms with E-state index in [0.717, 1.165) is 12.2 Å². The number of halogens is 1. The van der Waals surface area contributed by atoms with Crippen LogP contribution in [0.3, 0.4) is 0 Å². The Morgan fingerprint density at radius 2 is 1.65 bits per heavy atom. The highest BCUT2D eigenvalue weighted by molar-refractivity contribution is 5.34. The smallest absolute Gasteiger partial charge is 0.131 e. The van der Waals surface area contributed by atoms with Crippen LogP contribution in [0.4, 0.5) is 4.39 Å². The number of benzene rings is 2. The first-order chi connectivity index (χ1) is 9.81. The highest BCUT2D eigenvalue weighted by Crippen LogP contribution is 2.21. The maximum Gasteiger partial charge on any atom is 0.131 e. The van der Waals surface area contributed by atoms with Crippen molar-refractivity contribution in [2.24, 2.45) is 5.73 Å². The molecule has 4 heteroatoms. The van der Waals surface area contributed by atoms with E-state index >= 15 is 0 Å². The van der Waals surface area contributed by atoms with Crippen LogP contribution in [0.5, 0.6) is 11.5 Å². The molecule has 0 aromatic heterocycles. The van der Waals surface area contributed by atoms with Gasteiger partial charge in [0.05, 0.1) is 13.2 Å². The third-order valence-electron chi connectivity index (χ3n) is 2.84. The van der Waals surface area contributed by atoms with Crippen molar-refractivity contribution in [1.29, 1.82) is 0 Å². The van der Waals surface area contributed by atoms with Gasteiger partial charge in [0.2, 0.25) is 0 Å². The predicted molar refractivity (Wildman–Crippen MR) is 76.3 cm³/mol. The summed E-state index contributed by atoms with van der Waals surface area (Å²) >= 11 is 0. The van der Waals surface area contributed by atoms with Gasteiger partial charge in [0.15, 0.2) is 0 Å². The lowest BCUT2D eigenvalue weighted by Crippen LogP contribution is -2.08. The standard InChI is InChI=1S/C16H18FNO2/c17-15-8-4-9-16(14(15)12-18)20-11-5-10-19-13-6-2-1-3-7-13/h1-4,6-9H,5,10-12,18H2. The van der Waals surface area contributed by atoms with E-state index in [1.54, 1.807) is 12.1 Å². The van der Waals surface area contributed by atoms with E-state index in [2.05, 4.69) is 0 Å². The lowest BCUT2D eigenvalue weighted by molar-refractivity contribution is 0.245. The van der Waals surface area contributed by atoms with E-state index in [9.17, 15) is 4.39 Å². The van der Waals surface area contributed by atoms with Crippen molar-refractivity contribution in [3.8, 4) is 11.5 Å². The highest BCUT2D eigenvalue weighted by atomic mass is 19.1. The van der Waals surface area contributed by atoms with E-state index in [1.165, 1.54) is 6.07 Å². The number of ether oxygens (including phenoxy) is 2. The van der Waals surface area contributed by atoms with Gasteiger partial charge in [-0.05, 0) is 24.3 Å². The highest BCUT2D eigenvalue weighted by Gasteiger charge is 2.07. The second-order valence-electron chi connectivity index (χ2n) is 4.28. The lowest BCUT2D eigenvalue weighted by Gasteiger charge is -2.11. The van der Waals surface area contributed by atoms with Crippen molar-refractivity contribution in [2.75, 3.05) is 13.2 Å². The van der Waals surface area contributed by atoms with Gasteiger partial charge in [0.1, 0.15) is 17.3 Å². The molecule has 106 valence electrons. The van der Waals surface area contributed by atoms with Crippen LogP contribution in [0, 0.1) is 5.82 Å². The molecule has 0 saturated heterocycles.